The van der Waals surface area contributed by atoms with E-state index in [2.05, 4.69) is 10.2 Å². The Kier molecular flexibility index (Phi) is 12.6. The number of nitrogens with one attached hydrogen (secondary N) is 2. The normalized spacial score (nSPS) is 16.1. The van der Waals surface area contributed by atoms with Gasteiger partial charge >= 0.3 is 27.0 Å². The summed E-state index contributed by atoms with van der Waals surface area (Å²) >= 11 is 0. The number of carbonyl (C=O) groups is 2. The molecule has 40 heavy (non-hydrogen) atoms. The first kappa shape index (κ1) is 33.7. The van der Waals surface area contributed by atoms with Crippen LogP contribution in [0.2, 0.25) is 0 Å². The van der Waals surface area contributed by atoms with E-state index in [4.69, 9.17) is 28.0 Å². The molecule has 0 amide bonds. The molecule has 4 atom stereocenters. The molecule has 12 nitrogen and oxygen atoms in total. The van der Waals surface area contributed by atoms with E-state index in [9.17, 15) is 18.7 Å². The van der Waals surface area contributed by atoms with Crippen molar-refractivity contribution in [3.63, 3.8) is 0 Å². The lowest BCUT2D eigenvalue weighted by Crippen LogP contribution is -2.36. The van der Waals surface area contributed by atoms with Crippen molar-refractivity contribution in [2.45, 2.75) is 65.8 Å². The van der Waals surface area contributed by atoms with Gasteiger partial charge in [0, 0.05) is 25.0 Å². The number of carbonyl (C=O) groups excluding carboxylic acids is 2. The summed E-state index contributed by atoms with van der Waals surface area (Å²) in [4.78, 5) is 24.6. The van der Waals surface area contributed by atoms with Crippen molar-refractivity contribution in [1.82, 2.24) is 10.2 Å². The molecule has 2 unspecified atom stereocenters. The first-order valence-corrected chi connectivity index (χ1v) is 16.4. The second-order valence-electron chi connectivity index (χ2n) is 9.65. The van der Waals surface area contributed by atoms with E-state index in [1.54, 1.807) is 64.1 Å². The number of rotatable bonds is 16. The fourth-order valence-electron chi connectivity index (χ4n) is 3.61. The van der Waals surface area contributed by atoms with Gasteiger partial charge in [0.25, 0.3) is 0 Å². The van der Waals surface area contributed by atoms with Crippen molar-refractivity contribution in [2.75, 3.05) is 26.9 Å². The summed E-state index contributed by atoms with van der Waals surface area (Å²) in [7, 11) is -4.79. The first-order chi connectivity index (χ1) is 18.7. The van der Waals surface area contributed by atoms with E-state index in [1.807, 2.05) is 0 Å². The molecule has 0 saturated carbocycles. The SMILES string of the molecule is COCP(=O)(N[C@@H](C)C(=O)OC(C)C)Oc1cccc2c(OP(=O)(COC)N[C@@H](C)C(=O)OC(C)C)cccc12. The van der Waals surface area contributed by atoms with Crippen molar-refractivity contribution in [1.29, 1.82) is 0 Å². The van der Waals surface area contributed by atoms with Crippen LogP contribution in [0, 0.1) is 0 Å². The Hall–Kier alpha value is -2.46. The Bertz CT molecular complexity index is 1160. The van der Waals surface area contributed by atoms with Gasteiger partial charge in [0.05, 0.1) is 12.2 Å². The van der Waals surface area contributed by atoms with Crippen molar-refractivity contribution in [2.24, 2.45) is 0 Å². The Labute approximate surface area is 235 Å². The minimum absolute atomic E-state index is 0.212. The zero-order valence-corrected chi connectivity index (χ0v) is 26.0. The molecule has 14 heteroatoms. The van der Waals surface area contributed by atoms with Gasteiger partial charge < -0.3 is 28.0 Å². The topological polar surface area (TPSA) is 148 Å². The van der Waals surface area contributed by atoms with Crippen LogP contribution >= 0.6 is 15.0 Å². The van der Waals surface area contributed by atoms with Crippen LogP contribution in [0.15, 0.2) is 36.4 Å². The lowest BCUT2D eigenvalue weighted by Gasteiger charge is -2.25. The van der Waals surface area contributed by atoms with Crippen LogP contribution in [-0.2, 0) is 37.7 Å². The Morgan fingerprint density at radius 1 is 0.675 bits per heavy atom. The van der Waals surface area contributed by atoms with Gasteiger partial charge in [-0.25, -0.2) is 10.2 Å². The fraction of sp³-hybridized carbons (Fsp3) is 0.538. The molecule has 0 bridgehead atoms. The highest BCUT2D eigenvalue weighted by atomic mass is 31.2. The standard InChI is InChI=1S/C26H40N2O10P2/c1-17(2)35-25(29)19(5)27-39(31,15-33-7)37-23-13-9-12-22-21(23)11-10-14-24(22)38-40(32,16-34-8)28-20(6)26(30)36-18(3)4/h9-14,17-20H,15-16H2,1-8H3,(H,27,31)(H,28,32)/t19-,20-,39?,40?/m0/s1. The second-order valence-corrected chi connectivity index (χ2v) is 13.7. The number of esters is 2. The summed E-state index contributed by atoms with van der Waals surface area (Å²) in [6.07, 6.45) is -1.33. The Morgan fingerprint density at radius 3 is 1.32 bits per heavy atom. The molecule has 2 aromatic carbocycles. The van der Waals surface area contributed by atoms with Crippen LogP contribution in [0.3, 0.4) is 0 Å². The largest absolute Gasteiger partial charge is 0.462 e. The summed E-state index contributed by atoms with van der Waals surface area (Å²) < 4.78 is 59.9. The smallest absolute Gasteiger partial charge is 0.342 e. The van der Waals surface area contributed by atoms with Gasteiger partial charge in [0.15, 0.2) is 0 Å². The highest BCUT2D eigenvalue weighted by molar-refractivity contribution is 7.57. The van der Waals surface area contributed by atoms with E-state index in [0.717, 1.165) is 0 Å². The Morgan fingerprint density at radius 2 is 1.02 bits per heavy atom. The van der Waals surface area contributed by atoms with Crippen molar-refractivity contribution >= 4 is 37.8 Å². The fourth-order valence-corrected chi connectivity index (χ4v) is 7.00. The van der Waals surface area contributed by atoms with Gasteiger partial charge in [-0.1, -0.05) is 24.3 Å². The molecule has 224 valence electrons. The van der Waals surface area contributed by atoms with Gasteiger partial charge in [-0.3, -0.25) is 18.7 Å². The number of hydrogen-bond donors (Lipinski definition) is 2. The third-order valence-corrected chi connectivity index (χ3v) is 8.86. The average Bonchev–Trinajstić information content (AvgIpc) is 2.83. The molecule has 0 aliphatic rings. The maximum atomic E-state index is 13.7. The monoisotopic (exact) mass is 602 g/mol. The zero-order valence-electron chi connectivity index (χ0n) is 24.2. The number of hydrogen-bond acceptors (Lipinski definition) is 10. The molecule has 2 N–H and O–H groups in total. The molecule has 0 aliphatic carbocycles. The van der Waals surface area contributed by atoms with E-state index in [1.165, 1.54) is 28.1 Å². The molecule has 0 heterocycles. The zero-order chi connectivity index (χ0) is 30.1. The molecule has 0 saturated heterocycles. The summed E-state index contributed by atoms with van der Waals surface area (Å²) in [6.45, 7) is 9.89. The van der Waals surface area contributed by atoms with Crippen LogP contribution in [0.4, 0.5) is 0 Å². The maximum Gasteiger partial charge on any atom is 0.342 e. The lowest BCUT2D eigenvalue weighted by molar-refractivity contribution is -0.149. The molecule has 0 fully saturated rings. The highest BCUT2D eigenvalue weighted by Crippen LogP contribution is 2.49. The van der Waals surface area contributed by atoms with Crippen LogP contribution in [-0.4, -0.2) is 63.1 Å². The molecule has 0 spiro atoms. The molecular formula is C26H40N2O10P2. The third kappa shape index (κ3) is 9.87. The van der Waals surface area contributed by atoms with Gasteiger partial charge in [0.2, 0.25) is 0 Å². The number of methoxy groups -OCH3 is 2. The van der Waals surface area contributed by atoms with Gasteiger partial charge in [-0.05, 0) is 53.7 Å². The minimum atomic E-state index is -3.76. The molecule has 0 aromatic heterocycles. The highest BCUT2D eigenvalue weighted by Gasteiger charge is 2.33. The molecular weight excluding hydrogens is 562 g/mol. The van der Waals surface area contributed by atoms with Crippen LogP contribution in [0.5, 0.6) is 11.5 Å². The number of benzene rings is 2. The number of fused-ring (bicyclic) bond motifs is 1. The Balaban J connectivity index is 2.39. The maximum absolute atomic E-state index is 13.7. The summed E-state index contributed by atoms with van der Waals surface area (Å²) in [5.74, 6) is -0.750. The quantitative estimate of drug-likeness (QED) is 0.196. The van der Waals surface area contributed by atoms with Crippen LogP contribution in [0.1, 0.15) is 41.5 Å². The lowest BCUT2D eigenvalue weighted by atomic mass is 10.1. The average molecular weight is 603 g/mol. The van der Waals surface area contributed by atoms with E-state index in [0.29, 0.717) is 10.8 Å². The van der Waals surface area contributed by atoms with Gasteiger partial charge in [-0.2, -0.15) is 0 Å². The number of ether oxygens (including phenoxy) is 4. The van der Waals surface area contributed by atoms with Crippen LogP contribution < -0.4 is 19.2 Å². The van der Waals surface area contributed by atoms with Crippen molar-refractivity contribution in [3.8, 4) is 11.5 Å². The van der Waals surface area contributed by atoms with Crippen LogP contribution in [0.25, 0.3) is 10.8 Å². The van der Waals surface area contributed by atoms with Gasteiger partial charge in [0.1, 0.15) is 36.3 Å². The molecule has 0 aliphatic heterocycles. The third-order valence-electron chi connectivity index (χ3n) is 5.12. The summed E-state index contributed by atoms with van der Waals surface area (Å²) in [6, 6.07) is 8.05. The van der Waals surface area contributed by atoms with Crippen molar-refractivity contribution < 1.29 is 46.7 Å². The summed E-state index contributed by atoms with van der Waals surface area (Å²) in [5.41, 5.74) is 0. The minimum Gasteiger partial charge on any atom is -0.462 e. The van der Waals surface area contributed by atoms with E-state index < -0.39 is 39.1 Å². The molecule has 2 aromatic rings. The second kappa shape index (κ2) is 15.0. The first-order valence-electron chi connectivity index (χ1n) is 12.8. The van der Waals surface area contributed by atoms with E-state index in [-0.39, 0.29) is 36.4 Å². The molecule has 0 radical (unpaired) electrons. The summed E-state index contributed by atoms with van der Waals surface area (Å²) in [5, 5.41) is 6.42. The predicted molar refractivity (Wildman–Crippen MR) is 152 cm³/mol. The molecule has 2 rings (SSSR count). The van der Waals surface area contributed by atoms with E-state index >= 15 is 0 Å². The van der Waals surface area contributed by atoms with Crippen molar-refractivity contribution in [3.05, 3.63) is 36.4 Å². The predicted octanol–water partition coefficient (Wildman–Crippen LogP) is 5.05. The van der Waals surface area contributed by atoms with Gasteiger partial charge in [-0.15, -0.1) is 0 Å².